The van der Waals surface area contributed by atoms with Crippen molar-refractivity contribution >= 4 is 129 Å². The topological polar surface area (TPSA) is 61.7 Å². The maximum absolute atomic E-state index is 6.69. The molecule has 0 aliphatic heterocycles. The lowest BCUT2D eigenvalue weighted by molar-refractivity contribution is 0.669. The molecule has 0 unspecified atom stereocenters. The van der Waals surface area contributed by atoms with E-state index in [1.165, 1.54) is 73.3 Å². The Hall–Kier alpha value is -9.73. The van der Waals surface area contributed by atoms with E-state index < -0.39 is 0 Å². The third-order valence-corrected chi connectivity index (χ3v) is 17.9. The summed E-state index contributed by atoms with van der Waals surface area (Å²) in [5, 5.41) is 11.7. The highest BCUT2D eigenvalue weighted by atomic mass is 32.1. The van der Waals surface area contributed by atoms with Crippen LogP contribution in [0.15, 0.2) is 241 Å². The minimum Gasteiger partial charge on any atom is -0.456 e. The van der Waals surface area contributed by atoms with Crippen molar-refractivity contribution in [3.63, 3.8) is 0 Å². The fourth-order valence-electron chi connectivity index (χ4n) is 12.1. The van der Waals surface area contributed by atoms with Gasteiger partial charge in [-0.15, -0.1) is 22.7 Å². The molecule has 0 bridgehead atoms. The minimum absolute atomic E-state index is 0.556. The normalized spacial score (nSPS) is 12.2. The Morgan fingerprint density at radius 3 is 1.55 bits per heavy atom. The van der Waals surface area contributed by atoms with Gasteiger partial charge in [0.05, 0.1) is 22.1 Å². The Bertz CT molecular complexity index is 5260. The number of rotatable bonds is 6. The third kappa shape index (κ3) is 6.50. The first-order chi connectivity index (χ1) is 38.1. The number of aromatic nitrogens is 5. The Morgan fingerprint density at radius 2 is 0.818 bits per heavy atom. The molecule has 0 N–H and O–H groups in total. The van der Waals surface area contributed by atoms with Crippen LogP contribution in [0.1, 0.15) is 0 Å². The zero-order valence-electron chi connectivity index (χ0n) is 41.0. The monoisotopic (exact) mass is 1020 g/mol. The molecule has 0 saturated heterocycles. The van der Waals surface area contributed by atoms with Crippen LogP contribution in [0.2, 0.25) is 0 Å². The second-order valence-electron chi connectivity index (χ2n) is 19.9. The number of fused-ring (bicyclic) bond motifs is 15. The van der Waals surface area contributed by atoms with Gasteiger partial charge in [-0.25, -0.2) is 4.98 Å². The molecule has 17 aromatic rings. The highest BCUT2D eigenvalue weighted by molar-refractivity contribution is 7.26. The zero-order valence-corrected chi connectivity index (χ0v) is 42.6. The van der Waals surface area contributed by atoms with Crippen molar-refractivity contribution in [1.82, 2.24) is 24.1 Å². The molecule has 0 saturated carbocycles. The van der Waals surface area contributed by atoms with Crippen LogP contribution in [-0.4, -0.2) is 24.1 Å². The van der Waals surface area contributed by atoms with Gasteiger partial charge in [0.1, 0.15) is 11.2 Å². The summed E-state index contributed by atoms with van der Waals surface area (Å²) in [5.41, 5.74) is 13.7. The molecule has 0 fully saturated rings. The second-order valence-corrected chi connectivity index (χ2v) is 22.1. The summed E-state index contributed by atoms with van der Waals surface area (Å²) in [6.07, 6.45) is 0. The van der Waals surface area contributed by atoms with Gasteiger partial charge in [0.2, 0.25) is 5.95 Å². The quantitative estimate of drug-likeness (QED) is 0.166. The van der Waals surface area contributed by atoms with Crippen LogP contribution in [0.25, 0.3) is 163 Å². The van der Waals surface area contributed by atoms with Gasteiger partial charge in [0.15, 0.2) is 11.6 Å². The average molecular weight is 1020 g/mol. The van der Waals surface area contributed by atoms with E-state index in [4.69, 9.17) is 19.4 Å². The number of furan rings is 1. The van der Waals surface area contributed by atoms with E-state index >= 15 is 0 Å². The van der Waals surface area contributed by atoms with Gasteiger partial charge >= 0.3 is 0 Å². The molecule has 17 rings (SSSR count). The van der Waals surface area contributed by atoms with Crippen LogP contribution >= 0.6 is 22.7 Å². The van der Waals surface area contributed by atoms with Gasteiger partial charge in [-0.2, -0.15) is 9.97 Å². The summed E-state index contributed by atoms with van der Waals surface area (Å²) < 4.78 is 16.2. The van der Waals surface area contributed by atoms with E-state index in [0.29, 0.717) is 17.6 Å². The van der Waals surface area contributed by atoms with Crippen LogP contribution in [-0.2, 0) is 0 Å². The Balaban J connectivity index is 0.809. The Morgan fingerprint density at radius 1 is 0.299 bits per heavy atom. The van der Waals surface area contributed by atoms with E-state index in [1.54, 1.807) is 11.3 Å². The summed E-state index contributed by atoms with van der Waals surface area (Å²) in [6, 6.07) is 85.1. The smallest absolute Gasteiger partial charge is 0.238 e. The zero-order chi connectivity index (χ0) is 50.3. The molecule has 8 heteroatoms. The van der Waals surface area contributed by atoms with Crippen molar-refractivity contribution in [2.24, 2.45) is 0 Å². The standard InChI is InChI=1S/C69H39N5OS2/c1-2-13-45(14-3-1)73-56-20-8-6-17-48(56)52-35-40(26-31-59(52)73)42-28-33-63-53(36-42)54-37-43(29-34-64(54)76-63)41-27-32-60-55(38-41)66-51(19-12-23-61(66)75-60)68-70-67(44-25-30-50-49-18-7-11-24-62(49)77-65(50)39-44)71-69(72-68)74-57-21-9-4-15-46(57)47-16-5-10-22-58(47)74/h1-39H. The largest absolute Gasteiger partial charge is 0.456 e. The molecule has 6 heterocycles. The van der Waals surface area contributed by atoms with Gasteiger partial charge in [-0.1, -0.05) is 140 Å². The molecule has 358 valence electrons. The second kappa shape index (κ2) is 16.4. The van der Waals surface area contributed by atoms with Gasteiger partial charge in [-0.3, -0.25) is 4.57 Å². The number of para-hydroxylation sites is 4. The molecule has 0 radical (unpaired) electrons. The van der Waals surface area contributed by atoms with Gasteiger partial charge in [-0.05, 0) is 119 Å². The van der Waals surface area contributed by atoms with Crippen molar-refractivity contribution in [3.05, 3.63) is 237 Å². The Labute approximate surface area is 447 Å². The lowest BCUT2D eigenvalue weighted by atomic mass is 9.98. The number of hydrogen-bond donors (Lipinski definition) is 0. The summed E-state index contributed by atoms with van der Waals surface area (Å²) in [7, 11) is 0. The van der Waals surface area contributed by atoms with E-state index in [9.17, 15) is 0 Å². The first-order valence-corrected chi connectivity index (χ1v) is 27.4. The maximum Gasteiger partial charge on any atom is 0.238 e. The van der Waals surface area contributed by atoms with Crippen molar-refractivity contribution in [3.8, 4) is 56.7 Å². The molecular weight excluding hydrogens is 979 g/mol. The third-order valence-electron chi connectivity index (χ3n) is 15.6. The van der Waals surface area contributed by atoms with Gasteiger partial charge < -0.3 is 8.98 Å². The van der Waals surface area contributed by atoms with Crippen LogP contribution in [0.3, 0.4) is 0 Å². The summed E-state index contributed by atoms with van der Waals surface area (Å²) in [5.74, 6) is 1.73. The molecule has 11 aromatic carbocycles. The van der Waals surface area contributed by atoms with E-state index in [2.05, 4.69) is 234 Å². The summed E-state index contributed by atoms with van der Waals surface area (Å²) >= 11 is 3.64. The molecule has 0 aliphatic rings. The molecule has 0 amide bonds. The number of thiophene rings is 2. The lowest BCUT2D eigenvalue weighted by Gasteiger charge is -2.11. The fraction of sp³-hybridized carbons (Fsp3) is 0. The summed E-state index contributed by atoms with van der Waals surface area (Å²) in [6.45, 7) is 0. The highest BCUT2D eigenvalue weighted by Crippen LogP contribution is 2.44. The van der Waals surface area contributed by atoms with Crippen molar-refractivity contribution in [2.45, 2.75) is 0 Å². The highest BCUT2D eigenvalue weighted by Gasteiger charge is 2.22. The predicted octanol–water partition coefficient (Wildman–Crippen LogP) is 19.4. The molecule has 0 spiro atoms. The van der Waals surface area contributed by atoms with E-state index in [0.717, 1.165) is 71.7 Å². The predicted molar refractivity (Wildman–Crippen MR) is 323 cm³/mol. The van der Waals surface area contributed by atoms with Gasteiger partial charge in [0, 0.05) is 89.5 Å². The SMILES string of the molecule is c1ccc(-n2c3ccccc3c3cc(-c4ccc5sc6ccc(-c7ccc8oc9cccc(-c%10nc(-c%11ccc%12c(c%11)sc%11ccccc%11%12)nc(-n%11c%12ccccc%12c%12ccccc%12%11)n%10)c9c8c7)cc6c5c4)ccc32)cc1. The van der Waals surface area contributed by atoms with Crippen molar-refractivity contribution in [2.75, 3.05) is 0 Å². The average Bonchev–Trinajstić information content (AvgIpc) is 4.46. The maximum atomic E-state index is 6.69. The molecule has 0 atom stereocenters. The van der Waals surface area contributed by atoms with Crippen LogP contribution in [0, 0.1) is 0 Å². The molecule has 6 aromatic heterocycles. The number of benzene rings is 11. The first-order valence-electron chi connectivity index (χ1n) is 25.8. The van der Waals surface area contributed by atoms with Gasteiger partial charge in [0.25, 0.3) is 0 Å². The molecule has 0 aliphatic carbocycles. The van der Waals surface area contributed by atoms with Crippen LogP contribution < -0.4 is 0 Å². The number of hydrogen-bond acceptors (Lipinski definition) is 6. The van der Waals surface area contributed by atoms with Crippen LogP contribution in [0.4, 0.5) is 0 Å². The van der Waals surface area contributed by atoms with Crippen LogP contribution in [0.5, 0.6) is 0 Å². The van der Waals surface area contributed by atoms with E-state index in [1.807, 2.05) is 23.5 Å². The fourth-order valence-corrected chi connectivity index (χ4v) is 14.3. The first kappa shape index (κ1) is 42.6. The lowest BCUT2D eigenvalue weighted by Crippen LogP contribution is -2.06. The molecular formula is C69H39N5OS2. The Kier molecular flexibility index (Phi) is 9.07. The summed E-state index contributed by atoms with van der Waals surface area (Å²) in [4.78, 5) is 16.1. The number of nitrogens with zero attached hydrogens (tertiary/aromatic N) is 5. The van der Waals surface area contributed by atoms with E-state index in [-0.39, 0.29) is 0 Å². The van der Waals surface area contributed by atoms with Crippen molar-refractivity contribution in [1.29, 1.82) is 0 Å². The molecule has 77 heavy (non-hydrogen) atoms. The van der Waals surface area contributed by atoms with Crippen molar-refractivity contribution < 1.29 is 4.42 Å². The molecule has 6 nitrogen and oxygen atoms in total. The minimum atomic E-state index is 0.556.